The van der Waals surface area contributed by atoms with Crippen LogP contribution in [0.15, 0.2) is 35.6 Å². The fourth-order valence-electron chi connectivity index (χ4n) is 2.48. The number of ether oxygens (including phenoxy) is 1. The van der Waals surface area contributed by atoms with E-state index in [1.54, 1.807) is 17.7 Å². The van der Waals surface area contributed by atoms with Crippen molar-refractivity contribution in [3.63, 3.8) is 0 Å². The molecule has 0 fully saturated rings. The fraction of sp³-hybridized carbons (Fsp3) is 0.316. The Labute approximate surface area is 161 Å². The summed E-state index contributed by atoms with van der Waals surface area (Å²) in [6.45, 7) is 8.11. The number of aryl methyl sites for hydroxylation is 2. The molecule has 0 radical (unpaired) electrons. The molecule has 0 aliphatic rings. The lowest BCUT2D eigenvalue weighted by Crippen LogP contribution is -2.14. The van der Waals surface area contributed by atoms with Crippen molar-refractivity contribution in [3.8, 4) is 5.75 Å². The number of thiophene rings is 1. The highest BCUT2D eigenvalue weighted by Crippen LogP contribution is 2.34. The number of rotatable bonds is 6. The molecule has 0 aliphatic carbocycles. The first-order valence-corrected chi connectivity index (χ1v) is 10.1. The fourth-order valence-corrected chi connectivity index (χ4v) is 4.40. The first-order chi connectivity index (χ1) is 12.4. The van der Waals surface area contributed by atoms with Crippen molar-refractivity contribution in [3.05, 3.63) is 41.0 Å². The number of carbonyl (C=O) groups is 1. The van der Waals surface area contributed by atoms with Crippen molar-refractivity contribution in [2.75, 3.05) is 11.1 Å². The van der Waals surface area contributed by atoms with Gasteiger partial charge in [-0.1, -0.05) is 11.8 Å². The van der Waals surface area contributed by atoms with Gasteiger partial charge >= 0.3 is 0 Å². The van der Waals surface area contributed by atoms with Gasteiger partial charge in [0.15, 0.2) is 0 Å². The highest BCUT2D eigenvalue weighted by molar-refractivity contribution is 8.00. The molecule has 136 valence electrons. The Morgan fingerprint density at radius 3 is 2.65 bits per heavy atom. The van der Waals surface area contributed by atoms with Crippen LogP contribution in [-0.2, 0) is 4.79 Å². The van der Waals surface area contributed by atoms with Crippen LogP contribution in [0.5, 0.6) is 5.75 Å². The lowest BCUT2D eigenvalue weighted by molar-refractivity contribution is -0.113. The number of hydrogen-bond donors (Lipinski definition) is 1. The van der Waals surface area contributed by atoms with Gasteiger partial charge in [0.05, 0.1) is 11.9 Å². The second kappa shape index (κ2) is 8.05. The number of thioether (sulfide) groups is 1. The number of amides is 1. The molecule has 0 spiro atoms. The summed E-state index contributed by atoms with van der Waals surface area (Å²) in [5.41, 5.74) is 1.94. The van der Waals surface area contributed by atoms with E-state index in [2.05, 4.69) is 29.1 Å². The number of carbonyl (C=O) groups excluding carboxylic acids is 1. The lowest BCUT2D eigenvalue weighted by atomic mass is 10.2. The van der Waals surface area contributed by atoms with Gasteiger partial charge in [-0.05, 0) is 57.5 Å². The van der Waals surface area contributed by atoms with Crippen LogP contribution in [-0.4, -0.2) is 27.7 Å². The van der Waals surface area contributed by atoms with Gasteiger partial charge in [-0.15, -0.1) is 11.3 Å². The normalized spacial score (nSPS) is 11.1. The Balaban J connectivity index is 1.63. The summed E-state index contributed by atoms with van der Waals surface area (Å²) in [7, 11) is 0. The summed E-state index contributed by atoms with van der Waals surface area (Å²) in [6.07, 6.45) is 1.69. The second-order valence-corrected chi connectivity index (χ2v) is 8.34. The molecular formula is C19H21N3O2S2. The average molecular weight is 388 g/mol. The quantitative estimate of drug-likeness (QED) is 0.485. The first-order valence-electron chi connectivity index (χ1n) is 8.34. The number of nitrogens with zero attached hydrogens (tertiary/aromatic N) is 2. The van der Waals surface area contributed by atoms with E-state index in [0.717, 1.165) is 26.7 Å². The van der Waals surface area contributed by atoms with Crippen LogP contribution in [0.2, 0.25) is 0 Å². The van der Waals surface area contributed by atoms with Gasteiger partial charge in [0.25, 0.3) is 0 Å². The van der Waals surface area contributed by atoms with Crippen LogP contribution in [0.3, 0.4) is 0 Å². The Morgan fingerprint density at radius 2 is 1.96 bits per heavy atom. The monoisotopic (exact) mass is 387 g/mol. The molecule has 0 aliphatic heterocycles. The van der Waals surface area contributed by atoms with Gasteiger partial charge < -0.3 is 10.1 Å². The van der Waals surface area contributed by atoms with Crippen molar-refractivity contribution in [2.45, 2.75) is 38.8 Å². The Hall–Kier alpha value is -2.12. The van der Waals surface area contributed by atoms with Crippen molar-refractivity contribution >= 4 is 44.9 Å². The minimum Gasteiger partial charge on any atom is -0.491 e. The second-order valence-electron chi connectivity index (χ2n) is 6.17. The van der Waals surface area contributed by atoms with Crippen molar-refractivity contribution in [1.29, 1.82) is 0 Å². The number of hydrogen-bond acceptors (Lipinski definition) is 6. The molecule has 0 bridgehead atoms. The average Bonchev–Trinajstić information content (AvgIpc) is 2.89. The van der Waals surface area contributed by atoms with Gasteiger partial charge in [0.2, 0.25) is 5.91 Å². The minimum atomic E-state index is -0.0658. The molecule has 1 aromatic carbocycles. The maximum Gasteiger partial charge on any atom is 0.234 e. The van der Waals surface area contributed by atoms with Gasteiger partial charge in [0.1, 0.15) is 21.9 Å². The molecule has 7 heteroatoms. The molecule has 0 unspecified atom stereocenters. The largest absolute Gasteiger partial charge is 0.491 e. The van der Waals surface area contributed by atoms with E-state index in [4.69, 9.17) is 4.74 Å². The third-order valence-corrected chi connectivity index (χ3v) is 5.89. The van der Waals surface area contributed by atoms with Crippen LogP contribution < -0.4 is 10.1 Å². The molecule has 0 saturated carbocycles. The molecule has 2 heterocycles. The predicted molar refractivity (Wildman–Crippen MR) is 108 cm³/mol. The standard InChI is InChI=1S/C19H21N3O2S2/c1-11(2)24-15-7-5-14(6-8-15)22-16(23)9-25-18-17-12(3)13(4)26-19(17)21-10-20-18/h5-8,10-11H,9H2,1-4H3,(H,22,23). The molecule has 3 aromatic rings. The van der Waals surface area contributed by atoms with E-state index in [1.165, 1.54) is 22.2 Å². The van der Waals surface area contributed by atoms with E-state index in [0.29, 0.717) is 5.75 Å². The predicted octanol–water partition coefficient (Wildman–Crippen LogP) is 4.83. The number of nitrogens with one attached hydrogen (secondary N) is 1. The number of anilines is 1. The zero-order chi connectivity index (χ0) is 18.7. The molecule has 26 heavy (non-hydrogen) atoms. The Kier molecular flexibility index (Phi) is 5.78. The zero-order valence-corrected chi connectivity index (χ0v) is 16.8. The van der Waals surface area contributed by atoms with Crippen LogP contribution in [0.25, 0.3) is 10.2 Å². The SMILES string of the molecule is Cc1sc2ncnc(SCC(=O)Nc3ccc(OC(C)C)cc3)c2c1C. The number of benzene rings is 1. The molecule has 3 rings (SSSR count). The summed E-state index contributed by atoms with van der Waals surface area (Å²) in [4.78, 5) is 23.2. The molecular weight excluding hydrogens is 366 g/mol. The number of aromatic nitrogens is 2. The highest BCUT2D eigenvalue weighted by Gasteiger charge is 2.13. The number of fused-ring (bicyclic) bond motifs is 1. The molecule has 0 atom stereocenters. The van der Waals surface area contributed by atoms with E-state index in [9.17, 15) is 4.79 Å². The third kappa shape index (κ3) is 4.34. The van der Waals surface area contributed by atoms with Crippen LogP contribution in [0.4, 0.5) is 5.69 Å². The van der Waals surface area contributed by atoms with E-state index >= 15 is 0 Å². The van der Waals surface area contributed by atoms with Gasteiger partial charge in [-0.25, -0.2) is 9.97 Å². The van der Waals surface area contributed by atoms with Gasteiger partial charge in [0, 0.05) is 16.0 Å². The van der Waals surface area contributed by atoms with E-state index in [1.807, 2.05) is 38.1 Å². The molecule has 2 aromatic heterocycles. The molecule has 5 nitrogen and oxygen atoms in total. The van der Waals surface area contributed by atoms with Gasteiger partial charge in [-0.3, -0.25) is 4.79 Å². The van der Waals surface area contributed by atoms with Crippen LogP contribution in [0, 0.1) is 13.8 Å². The summed E-state index contributed by atoms with van der Waals surface area (Å²) in [5, 5.41) is 4.82. The van der Waals surface area contributed by atoms with Crippen molar-refractivity contribution in [2.24, 2.45) is 0 Å². The van der Waals surface area contributed by atoms with E-state index < -0.39 is 0 Å². The maximum absolute atomic E-state index is 12.3. The van der Waals surface area contributed by atoms with Crippen LogP contribution in [0.1, 0.15) is 24.3 Å². The molecule has 1 N–H and O–H groups in total. The lowest BCUT2D eigenvalue weighted by Gasteiger charge is -2.10. The van der Waals surface area contributed by atoms with Crippen LogP contribution >= 0.6 is 23.1 Å². The highest BCUT2D eigenvalue weighted by atomic mass is 32.2. The van der Waals surface area contributed by atoms with Crippen molar-refractivity contribution in [1.82, 2.24) is 9.97 Å². The van der Waals surface area contributed by atoms with Crippen molar-refractivity contribution < 1.29 is 9.53 Å². The summed E-state index contributed by atoms with van der Waals surface area (Å²) < 4.78 is 5.60. The Bertz CT molecular complexity index is 920. The Morgan fingerprint density at radius 1 is 1.23 bits per heavy atom. The molecule has 0 saturated heterocycles. The summed E-state index contributed by atoms with van der Waals surface area (Å²) in [5.74, 6) is 1.02. The van der Waals surface area contributed by atoms with E-state index in [-0.39, 0.29) is 12.0 Å². The zero-order valence-electron chi connectivity index (χ0n) is 15.2. The third-order valence-electron chi connectivity index (χ3n) is 3.78. The maximum atomic E-state index is 12.3. The molecule has 1 amide bonds. The van der Waals surface area contributed by atoms with Gasteiger partial charge in [-0.2, -0.15) is 0 Å². The summed E-state index contributed by atoms with van der Waals surface area (Å²) >= 11 is 3.09. The summed E-state index contributed by atoms with van der Waals surface area (Å²) in [6, 6.07) is 7.40. The first kappa shape index (κ1) is 18.7. The minimum absolute atomic E-state index is 0.0658. The topological polar surface area (TPSA) is 64.1 Å². The smallest absolute Gasteiger partial charge is 0.234 e.